The Morgan fingerprint density at radius 3 is 2.95 bits per heavy atom. The number of nitrogens with zero attached hydrogens (tertiary/aromatic N) is 2. The molecule has 0 atom stereocenters. The molecule has 0 aliphatic heterocycles. The molecule has 7 heteroatoms. The summed E-state index contributed by atoms with van der Waals surface area (Å²) in [6.45, 7) is 2.82. The molecule has 1 heterocycles. The second kappa shape index (κ2) is 6.14. The number of nitro groups is 1. The highest BCUT2D eigenvalue weighted by atomic mass is 32.1. The smallest absolute Gasteiger partial charge is 0.275 e. The van der Waals surface area contributed by atoms with Gasteiger partial charge in [-0.1, -0.05) is 0 Å². The van der Waals surface area contributed by atoms with E-state index < -0.39 is 4.92 Å². The highest BCUT2D eigenvalue weighted by Crippen LogP contribution is 2.26. The number of nitrogens with one attached hydrogen (secondary N) is 1. The fourth-order valence-electron chi connectivity index (χ4n) is 1.56. The molecule has 0 saturated heterocycles. The first-order chi connectivity index (χ1) is 9.19. The molecular formula is C12H13N3O3S. The minimum Gasteiger partial charge on any atom is -0.494 e. The van der Waals surface area contributed by atoms with E-state index in [1.807, 2.05) is 12.3 Å². The second-order valence-corrected chi connectivity index (χ2v) is 4.46. The Labute approximate surface area is 114 Å². The number of non-ortho nitro benzene ring substituents is 1. The average molecular weight is 279 g/mol. The minimum absolute atomic E-state index is 0.00623. The topological polar surface area (TPSA) is 77.3 Å². The summed E-state index contributed by atoms with van der Waals surface area (Å²) >= 11 is 1.51. The van der Waals surface area contributed by atoms with E-state index in [-0.39, 0.29) is 5.69 Å². The first-order valence-electron chi connectivity index (χ1n) is 5.72. The van der Waals surface area contributed by atoms with Crippen molar-refractivity contribution in [2.24, 2.45) is 0 Å². The van der Waals surface area contributed by atoms with Gasteiger partial charge in [-0.15, -0.1) is 11.3 Å². The number of benzene rings is 1. The molecule has 2 rings (SSSR count). The fourth-order valence-corrected chi connectivity index (χ4v) is 2.12. The Morgan fingerprint density at radius 2 is 2.32 bits per heavy atom. The van der Waals surface area contributed by atoms with Crippen molar-refractivity contribution >= 4 is 22.7 Å². The largest absolute Gasteiger partial charge is 0.494 e. The summed E-state index contributed by atoms with van der Waals surface area (Å²) in [5.41, 5.74) is 3.29. The number of rotatable bonds is 6. The molecule has 0 unspecified atom stereocenters. The van der Waals surface area contributed by atoms with Gasteiger partial charge in [0.15, 0.2) is 0 Å². The Bertz CT molecular complexity index is 557. The molecule has 1 aromatic heterocycles. The van der Waals surface area contributed by atoms with E-state index in [1.165, 1.54) is 23.5 Å². The third kappa shape index (κ3) is 3.65. The normalized spacial score (nSPS) is 10.2. The standard InChI is InChI=1S/C12H13N3O3S/c1-2-18-12-4-9(3-11(5-12)15(16)17)13-6-10-7-19-8-14-10/h3-5,7-8,13H,2,6H2,1H3. The van der Waals surface area contributed by atoms with E-state index >= 15 is 0 Å². The Balaban J connectivity index is 2.16. The van der Waals surface area contributed by atoms with Gasteiger partial charge in [0, 0.05) is 23.2 Å². The van der Waals surface area contributed by atoms with Crippen molar-refractivity contribution < 1.29 is 9.66 Å². The van der Waals surface area contributed by atoms with Crippen LogP contribution in [0.1, 0.15) is 12.6 Å². The van der Waals surface area contributed by atoms with Crippen LogP contribution in [0, 0.1) is 10.1 Å². The van der Waals surface area contributed by atoms with Crippen molar-refractivity contribution in [3.8, 4) is 5.75 Å². The highest BCUT2D eigenvalue weighted by molar-refractivity contribution is 7.07. The lowest BCUT2D eigenvalue weighted by Gasteiger charge is -2.08. The third-order valence-electron chi connectivity index (χ3n) is 2.37. The van der Waals surface area contributed by atoms with Gasteiger partial charge in [0.05, 0.1) is 35.3 Å². The number of nitro benzene ring substituents is 1. The second-order valence-electron chi connectivity index (χ2n) is 3.74. The van der Waals surface area contributed by atoms with Crippen molar-refractivity contribution in [3.05, 3.63) is 44.9 Å². The summed E-state index contributed by atoms with van der Waals surface area (Å²) in [5.74, 6) is 0.484. The first kappa shape index (κ1) is 13.3. The lowest BCUT2D eigenvalue weighted by atomic mass is 10.2. The summed E-state index contributed by atoms with van der Waals surface area (Å²) in [7, 11) is 0. The van der Waals surface area contributed by atoms with E-state index in [2.05, 4.69) is 10.3 Å². The molecular weight excluding hydrogens is 266 g/mol. The van der Waals surface area contributed by atoms with Gasteiger partial charge in [-0.3, -0.25) is 10.1 Å². The van der Waals surface area contributed by atoms with Crippen molar-refractivity contribution in [3.63, 3.8) is 0 Å². The predicted molar refractivity (Wildman–Crippen MR) is 73.7 cm³/mol. The van der Waals surface area contributed by atoms with Crippen LogP contribution in [-0.2, 0) is 6.54 Å². The van der Waals surface area contributed by atoms with Gasteiger partial charge in [0.25, 0.3) is 5.69 Å². The number of thiazole rings is 1. The molecule has 19 heavy (non-hydrogen) atoms. The number of hydrogen-bond donors (Lipinski definition) is 1. The number of hydrogen-bond acceptors (Lipinski definition) is 6. The Kier molecular flexibility index (Phi) is 4.30. The van der Waals surface area contributed by atoms with Gasteiger partial charge in [-0.05, 0) is 6.92 Å². The van der Waals surface area contributed by atoms with Gasteiger partial charge >= 0.3 is 0 Å². The van der Waals surface area contributed by atoms with Gasteiger partial charge in [0.1, 0.15) is 5.75 Å². The van der Waals surface area contributed by atoms with Crippen LogP contribution in [0.2, 0.25) is 0 Å². The van der Waals surface area contributed by atoms with Crippen LogP contribution in [0.15, 0.2) is 29.1 Å². The fraction of sp³-hybridized carbons (Fsp3) is 0.250. The first-order valence-corrected chi connectivity index (χ1v) is 6.66. The Hall–Kier alpha value is -2.15. The molecule has 0 saturated carbocycles. The summed E-state index contributed by atoms with van der Waals surface area (Å²) in [6, 6.07) is 4.63. The van der Waals surface area contributed by atoms with Crippen LogP contribution in [0.5, 0.6) is 5.75 Å². The zero-order valence-electron chi connectivity index (χ0n) is 10.3. The van der Waals surface area contributed by atoms with Crippen molar-refractivity contribution in [1.82, 2.24) is 4.98 Å². The monoisotopic (exact) mass is 279 g/mol. The molecule has 0 fully saturated rings. The molecule has 0 bridgehead atoms. The van der Waals surface area contributed by atoms with Crippen molar-refractivity contribution in [2.45, 2.75) is 13.5 Å². The minimum atomic E-state index is -0.434. The molecule has 2 aromatic rings. The van der Waals surface area contributed by atoms with Gasteiger partial charge in [0.2, 0.25) is 0 Å². The molecule has 0 amide bonds. The van der Waals surface area contributed by atoms with E-state index in [1.54, 1.807) is 11.6 Å². The quantitative estimate of drug-likeness (QED) is 0.649. The zero-order valence-corrected chi connectivity index (χ0v) is 11.1. The molecule has 0 aliphatic rings. The average Bonchev–Trinajstić information content (AvgIpc) is 2.89. The van der Waals surface area contributed by atoms with Crippen LogP contribution >= 0.6 is 11.3 Å². The van der Waals surface area contributed by atoms with E-state index in [9.17, 15) is 10.1 Å². The maximum Gasteiger partial charge on any atom is 0.275 e. The van der Waals surface area contributed by atoms with Crippen molar-refractivity contribution in [2.75, 3.05) is 11.9 Å². The third-order valence-corrected chi connectivity index (χ3v) is 3.01. The summed E-state index contributed by atoms with van der Waals surface area (Å²) in [6.07, 6.45) is 0. The van der Waals surface area contributed by atoms with Gasteiger partial charge in [-0.25, -0.2) is 4.98 Å². The van der Waals surface area contributed by atoms with E-state index in [4.69, 9.17) is 4.74 Å². The molecule has 0 spiro atoms. The number of ether oxygens (including phenoxy) is 1. The number of aromatic nitrogens is 1. The summed E-state index contributed by atoms with van der Waals surface area (Å²) in [5, 5.41) is 15.9. The van der Waals surface area contributed by atoms with Crippen LogP contribution in [0.4, 0.5) is 11.4 Å². The molecule has 100 valence electrons. The van der Waals surface area contributed by atoms with Gasteiger partial charge in [-0.2, -0.15) is 0 Å². The van der Waals surface area contributed by atoms with E-state index in [0.717, 1.165) is 5.69 Å². The van der Waals surface area contributed by atoms with Crippen LogP contribution in [0.3, 0.4) is 0 Å². The molecule has 6 nitrogen and oxygen atoms in total. The summed E-state index contributed by atoms with van der Waals surface area (Å²) in [4.78, 5) is 14.6. The van der Waals surface area contributed by atoms with Gasteiger partial charge < -0.3 is 10.1 Å². The van der Waals surface area contributed by atoms with Crippen LogP contribution < -0.4 is 10.1 Å². The zero-order chi connectivity index (χ0) is 13.7. The lowest BCUT2D eigenvalue weighted by molar-refractivity contribution is -0.384. The SMILES string of the molecule is CCOc1cc(NCc2cscn2)cc([N+](=O)[O-])c1. The van der Waals surface area contributed by atoms with E-state index in [0.29, 0.717) is 24.6 Å². The van der Waals surface area contributed by atoms with Crippen LogP contribution in [0.25, 0.3) is 0 Å². The maximum atomic E-state index is 10.9. The Morgan fingerprint density at radius 1 is 1.47 bits per heavy atom. The number of anilines is 1. The molecule has 0 aliphatic carbocycles. The lowest BCUT2D eigenvalue weighted by Crippen LogP contribution is -2.01. The van der Waals surface area contributed by atoms with Crippen molar-refractivity contribution in [1.29, 1.82) is 0 Å². The molecule has 1 N–H and O–H groups in total. The maximum absolute atomic E-state index is 10.9. The highest BCUT2D eigenvalue weighted by Gasteiger charge is 2.10. The molecule has 0 radical (unpaired) electrons. The summed E-state index contributed by atoms with van der Waals surface area (Å²) < 4.78 is 5.32. The molecule has 1 aromatic carbocycles. The van der Waals surface area contributed by atoms with Crippen LogP contribution in [-0.4, -0.2) is 16.5 Å². The predicted octanol–water partition coefficient (Wildman–Crippen LogP) is 3.06.